The van der Waals surface area contributed by atoms with Crippen LogP contribution in [-0.2, 0) is 16.0 Å². The third-order valence-corrected chi connectivity index (χ3v) is 5.82. The van der Waals surface area contributed by atoms with Crippen LogP contribution in [0, 0.1) is 6.92 Å². The number of hydrogen-bond donors (Lipinski definition) is 0. The zero-order valence-electron chi connectivity index (χ0n) is 14.2. The molecular weight excluding hydrogens is 376 g/mol. The van der Waals surface area contributed by atoms with Crippen molar-refractivity contribution in [2.45, 2.75) is 13.5 Å². The first-order chi connectivity index (χ1) is 12.5. The van der Waals surface area contributed by atoms with Crippen molar-refractivity contribution in [3.8, 4) is 0 Å². The first-order valence-corrected chi connectivity index (χ1v) is 9.44. The molecule has 136 valence electrons. The summed E-state index contributed by atoms with van der Waals surface area (Å²) >= 11 is 2.43. The normalized spacial score (nSPS) is 11.0. The summed E-state index contributed by atoms with van der Waals surface area (Å²) in [4.78, 5) is 42.8. The highest BCUT2D eigenvalue weighted by Gasteiger charge is 2.21. The molecule has 0 aliphatic carbocycles. The molecule has 0 aromatic carbocycles. The number of thiophene rings is 2. The van der Waals surface area contributed by atoms with Gasteiger partial charge in [0.05, 0.1) is 29.7 Å². The predicted molar refractivity (Wildman–Crippen MR) is 99.4 cm³/mol. The predicted octanol–water partition coefficient (Wildman–Crippen LogP) is 2.51. The van der Waals surface area contributed by atoms with Crippen LogP contribution in [0.15, 0.2) is 28.6 Å². The van der Waals surface area contributed by atoms with E-state index >= 15 is 0 Å². The van der Waals surface area contributed by atoms with Crippen LogP contribution >= 0.6 is 22.7 Å². The van der Waals surface area contributed by atoms with Crippen molar-refractivity contribution in [2.24, 2.45) is 0 Å². The van der Waals surface area contributed by atoms with Gasteiger partial charge in [-0.2, -0.15) is 0 Å². The van der Waals surface area contributed by atoms with Gasteiger partial charge in [0.1, 0.15) is 16.3 Å². The van der Waals surface area contributed by atoms with Crippen LogP contribution in [-0.4, -0.2) is 41.6 Å². The summed E-state index contributed by atoms with van der Waals surface area (Å²) in [7, 11) is 1.52. The number of rotatable bonds is 7. The molecule has 3 aromatic heterocycles. The van der Waals surface area contributed by atoms with Crippen molar-refractivity contribution in [3.63, 3.8) is 0 Å². The molecule has 9 heteroatoms. The number of Topliss-reactive ketones (excluding diaryl/α,β-unsaturated/α-hetero) is 1. The lowest BCUT2D eigenvalue weighted by molar-refractivity contribution is 0.0393. The van der Waals surface area contributed by atoms with Crippen LogP contribution < -0.4 is 5.56 Å². The largest absolute Gasteiger partial charge is 0.459 e. The van der Waals surface area contributed by atoms with Crippen molar-refractivity contribution >= 4 is 44.6 Å². The van der Waals surface area contributed by atoms with Gasteiger partial charge in [-0.15, -0.1) is 22.7 Å². The standard InChI is InChI=1S/C17H16N2O5S2/c1-10-13-15(26-14(10)17(22)24-6-5-23-2)18-9-19(16(13)21)8-11(20)12-4-3-7-25-12/h3-4,7,9H,5-6,8H2,1-2H3. The van der Waals surface area contributed by atoms with Crippen molar-refractivity contribution in [1.29, 1.82) is 0 Å². The monoisotopic (exact) mass is 392 g/mol. The molecule has 0 aliphatic heterocycles. The van der Waals surface area contributed by atoms with Gasteiger partial charge in [-0.05, 0) is 23.9 Å². The number of carbonyl (C=O) groups excluding carboxylic acids is 2. The van der Waals surface area contributed by atoms with Gasteiger partial charge in [-0.25, -0.2) is 9.78 Å². The average Bonchev–Trinajstić information content (AvgIpc) is 3.26. The molecular formula is C17H16N2O5S2. The highest BCUT2D eigenvalue weighted by Crippen LogP contribution is 2.27. The second-order valence-electron chi connectivity index (χ2n) is 5.44. The Morgan fingerprint density at radius 2 is 2.12 bits per heavy atom. The molecule has 0 unspecified atom stereocenters. The molecule has 0 N–H and O–H groups in total. The van der Waals surface area contributed by atoms with Crippen molar-refractivity contribution < 1.29 is 19.1 Å². The maximum absolute atomic E-state index is 12.8. The molecule has 0 bridgehead atoms. The molecule has 0 fully saturated rings. The second-order valence-corrected chi connectivity index (χ2v) is 7.39. The van der Waals surface area contributed by atoms with Gasteiger partial charge in [0.15, 0.2) is 5.78 Å². The summed E-state index contributed by atoms with van der Waals surface area (Å²) in [6, 6.07) is 3.50. The second kappa shape index (κ2) is 7.90. The number of aromatic nitrogens is 2. The van der Waals surface area contributed by atoms with Gasteiger partial charge in [0, 0.05) is 7.11 Å². The smallest absolute Gasteiger partial charge is 0.348 e. The molecule has 0 amide bonds. The highest BCUT2D eigenvalue weighted by atomic mass is 32.1. The lowest BCUT2D eigenvalue weighted by Crippen LogP contribution is -2.24. The lowest BCUT2D eigenvalue weighted by Gasteiger charge is -2.04. The van der Waals surface area contributed by atoms with Gasteiger partial charge in [0.2, 0.25) is 0 Å². The maximum atomic E-state index is 12.8. The number of fused-ring (bicyclic) bond motifs is 1. The van der Waals surface area contributed by atoms with Gasteiger partial charge in [0.25, 0.3) is 5.56 Å². The third kappa shape index (κ3) is 3.59. The maximum Gasteiger partial charge on any atom is 0.348 e. The van der Waals surface area contributed by atoms with Crippen LogP contribution in [0.25, 0.3) is 10.2 Å². The number of ether oxygens (including phenoxy) is 2. The van der Waals surface area contributed by atoms with E-state index < -0.39 is 5.97 Å². The van der Waals surface area contributed by atoms with Gasteiger partial charge in [-0.1, -0.05) is 6.07 Å². The fourth-order valence-electron chi connectivity index (χ4n) is 2.42. The SMILES string of the molecule is COCCOC(=O)c1sc2ncn(CC(=O)c3cccs3)c(=O)c2c1C. The minimum Gasteiger partial charge on any atom is -0.459 e. The zero-order chi connectivity index (χ0) is 18.7. The van der Waals surface area contributed by atoms with Crippen LogP contribution in [0.4, 0.5) is 0 Å². The molecule has 0 atom stereocenters. The van der Waals surface area contributed by atoms with E-state index in [-0.39, 0.29) is 24.5 Å². The van der Waals surface area contributed by atoms with E-state index in [0.29, 0.717) is 32.1 Å². The lowest BCUT2D eigenvalue weighted by atomic mass is 10.2. The molecule has 3 heterocycles. The van der Waals surface area contributed by atoms with E-state index in [4.69, 9.17) is 9.47 Å². The topological polar surface area (TPSA) is 87.5 Å². The average molecular weight is 392 g/mol. The van der Waals surface area contributed by atoms with Crippen LogP contribution in [0.2, 0.25) is 0 Å². The molecule has 0 aliphatic rings. The number of methoxy groups -OCH3 is 1. The molecule has 3 aromatic rings. The quantitative estimate of drug-likeness (QED) is 0.349. The van der Waals surface area contributed by atoms with E-state index in [1.807, 2.05) is 5.38 Å². The third-order valence-electron chi connectivity index (χ3n) is 3.73. The fraction of sp³-hybridized carbons (Fsp3) is 0.294. The van der Waals surface area contributed by atoms with Gasteiger partial charge >= 0.3 is 5.97 Å². The molecule has 0 saturated heterocycles. The number of aryl methyl sites for hydroxylation is 1. The van der Waals surface area contributed by atoms with Crippen LogP contribution in [0.3, 0.4) is 0 Å². The minimum absolute atomic E-state index is 0.0921. The highest BCUT2D eigenvalue weighted by molar-refractivity contribution is 7.20. The fourth-order valence-corrected chi connectivity index (χ4v) is 4.11. The Kier molecular flexibility index (Phi) is 5.60. The van der Waals surface area contributed by atoms with Crippen molar-refractivity contribution in [3.05, 3.63) is 49.5 Å². The molecule has 7 nitrogen and oxygen atoms in total. The molecule has 26 heavy (non-hydrogen) atoms. The van der Waals surface area contributed by atoms with Crippen molar-refractivity contribution in [1.82, 2.24) is 9.55 Å². The number of nitrogens with zero attached hydrogens (tertiary/aromatic N) is 2. The summed E-state index contributed by atoms with van der Waals surface area (Å²) in [5.41, 5.74) is 0.174. The summed E-state index contributed by atoms with van der Waals surface area (Å²) in [6.07, 6.45) is 1.34. The van der Waals surface area contributed by atoms with E-state index in [0.717, 1.165) is 11.3 Å². The Hall–Kier alpha value is -2.36. The van der Waals surface area contributed by atoms with Crippen LogP contribution in [0.5, 0.6) is 0 Å². The Morgan fingerprint density at radius 3 is 2.81 bits per heavy atom. The number of esters is 1. The Morgan fingerprint density at radius 1 is 1.31 bits per heavy atom. The summed E-state index contributed by atoms with van der Waals surface area (Å²) < 4.78 is 11.2. The van der Waals surface area contributed by atoms with Gasteiger partial charge < -0.3 is 9.47 Å². The molecule has 0 saturated carbocycles. The molecule has 3 rings (SSSR count). The Labute approximate surface area is 156 Å². The number of ketones is 1. The summed E-state index contributed by atoms with van der Waals surface area (Å²) in [6.45, 7) is 2.02. The van der Waals surface area contributed by atoms with E-state index in [1.54, 1.807) is 19.1 Å². The summed E-state index contributed by atoms with van der Waals surface area (Å²) in [5.74, 6) is -0.668. The van der Waals surface area contributed by atoms with Crippen LogP contribution in [0.1, 0.15) is 24.9 Å². The van der Waals surface area contributed by atoms with E-state index in [9.17, 15) is 14.4 Å². The van der Waals surface area contributed by atoms with Gasteiger partial charge in [-0.3, -0.25) is 14.2 Å². The number of carbonyl (C=O) groups is 2. The zero-order valence-corrected chi connectivity index (χ0v) is 15.8. The minimum atomic E-state index is -0.511. The molecule has 0 spiro atoms. The van der Waals surface area contributed by atoms with E-state index in [1.165, 1.54) is 29.3 Å². The summed E-state index contributed by atoms with van der Waals surface area (Å²) in [5, 5.41) is 2.15. The first kappa shape index (κ1) is 18.4. The molecule has 0 radical (unpaired) electrons. The Bertz CT molecular complexity index is 1000. The first-order valence-electron chi connectivity index (χ1n) is 7.74. The van der Waals surface area contributed by atoms with E-state index in [2.05, 4.69) is 4.98 Å². The number of hydrogen-bond acceptors (Lipinski definition) is 8. The Balaban J connectivity index is 1.91. The van der Waals surface area contributed by atoms with Crippen molar-refractivity contribution in [2.75, 3.05) is 20.3 Å².